The highest BCUT2D eigenvalue weighted by Gasteiger charge is 2.24. The van der Waals surface area contributed by atoms with Gasteiger partial charge in [0.15, 0.2) is 0 Å². The van der Waals surface area contributed by atoms with Crippen molar-refractivity contribution in [1.29, 1.82) is 0 Å². The largest absolute Gasteiger partial charge is 0.369 e. The molecular weight excluding hydrogens is 458 g/mol. The molecule has 7 heteroatoms. The maximum atomic E-state index is 13.2. The van der Waals surface area contributed by atoms with Gasteiger partial charge in [0.2, 0.25) is 0 Å². The van der Waals surface area contributed by atoms with Crippen molar-refractivity contribution in [3.05, 3.63) is 71.0 Å². The van der Waals surface area contributed by atoms with Crippen LogP contribution in [0, 0.1) is 0 Å². The number of imidazole rings is 1. The molecule has 2 aliphatic rings. The van der Waals surface area contributed by atoms with Crippen LogP contribution in [0.4, 0.5) is 5.69 Å². The highest BCUT2D eigenvalue weighted by Crippen LogP contribution is 2.28. The minimum atomic E-state index is -0.0511. The second-order valence-electron chi connectivity index (χ2n) is 9.47. The van der Waals surface area contributed by atoms with E-state index in [2.05, 4.69) is 50.0 Å². The first kappa shape index (κ1) is 23.9. The van der Waals surface area contributed by atoms with Gasteiger partial charge in [-0.15, -0.1) is 0 Å². The molecule has 5 rings (SSSR count). The van der Waals surface area contributed by atoms with Gasteiger partial charge in [-0.25, -0.2) is 4.98 Å². The molecule has 1 N–H and O–H groups in total. The highest BCUT2D eigenvalue weighted by molar-refractivity contribution is 6.30. The second kappa shape index (κ2) is 11.3. The lowest BCUT2D eigenvalue weighted by Crippen LogP contribution is -2.47. The van der Waals surface area contributed by atoms with E-state index in [0.29, 0.717) is 17.3 Å². The van der Waals surface area contributed by atoms with E-state index in [1.54, 1.807) is 0 Å². The predicted octanol–water partition coefficient (Wildman–Crippen LogP) is 4.87. The molecule has 35 heavy (non-hydrogen) atoms. The van der Waals surface area contributed by atoms with Crippen molar-refractivity contribution in [3.8, 4) is 11.4 Å². The van der Waals surface area contributed by atoms with Gasteiger partial charge in [-0.1, -0.05) is 36.2 Å². The number of rotatable bonds is 7. The second-order valence-corrected chi connectivity index (χ2v) is 9.91. The average molecular weight is 492 g/mol. The number of piperazine rings is 1. The van der Waals surface area contributed by atoms with Crippen molar-refractivity contribution in [2.75, 3.05) is 44.2 Å². The topological polar surface area (TPSA) is 53.4 Å². The van der Waals surface area contributed by atoms with E-state index in [4.69, 9.17) is 16.6 Å². The number of hydrogen-bond acceptors (Lipinski definition) is 4. The molecular formula is C28H34ClN5O. The zero-order chi connectivity index (χ0) is 24.0. The van der Waals surface area contributed by atoms with Crippen molar-refractivity contribution >= 4 is 23.2 Å². The number of aromatic nitrogens is 2. The summed E-state index contributed by atoms with van der Waals surface area (Å²) in [4.78, 5) is 22.9. The first-order chi connectivity index (χ1) is 17.2. The summed E-state index contributed by atoms with van der Waals surface area (Å²) in [5, 5.41) is 3.85. The van der Waals surface area contributed by atoms with Crippen LogP contribution in [0.1, 0.15) is 41.9 Å². The van der Waals surface area contributed by atoms with Crippen LogP contribution in [0.15, 0.2) is 54.6 Å². The Morgan fingerprint density at radius 3 is 2.46 bits per heavy atom. The van der Waals surface area contributed by atoms with E-state index in [1.807, 2.05) is 24.3 Å². The van der Waals surface area contributed by atoms with E-state index < -0.39 is 0 Å². The van der Waals surface area contributed by atoms with Crippen LogP contribution in [0.25, 0.3) is 11.4 Å². The summed E-state index contributed by atoms with van der Waals surface area (Å²) in [6.45, 7) is 6.78. The Labute approximate surface area is 212 Å². The van der Waals surface area contributed by atoms with Crippen LogP contribution >= 0.6 is 11.6 Å². The number of hydrogen-bond donors (Lipinski definition) is 1. The third-order valence-electron chi connectivity index (χ3n) is 7.12. The molecule has 1 amide bonds. The fourth-order valence-electron chi connectivity index (χ4n) is 5.18. The molecule has 1 fully saturated rings. The van der Waals surface area contributed by atoms with E-state index in [1.165, 1.54) is 12.1 Å². The van der Waals surface area contributed by atoms with Crippen LogP contribution < -0.4 is 10.2 Å². The zero-order valence-corrected chi connectivity index (χ0v) is 21.0. The number of amides is 1. The minimum Gasteiger partial charge on any atom is -0.369 e. The fourth-order valence-corrected chi connectivity index (χ4v) is 5.30. The van der Waals surface area contributed by atoms with Crippen molar-refractivity contribution in [2.45, 2.75) is 38.6 Å². The number of halogens is 1. The molecule has 0 spiro atoms. The lowest BCUT2D eigenvalue weighted by molar-refractivity contribution is 0.0946. The van der Waals surface area contributed by atoms with Gasteiger partial charge >= 0.3 is 0 Å². The Morgan fingerprint density at radius 2 is 1.69 bits per heavy atom. The van der Waals surface area contributed by atoms with E-state index >= 15 is 0 Å². The molecule has 1 saturated heterocycles. The predicted molar refractivity (Wildman–Crippen MR) is 142 cm³/mol. The van der Waals surface area contributed by atoms with Crippen LogP contribution in [-0.4, -0.2) is 59.6 Å². The zero-order valence-electron chi connectivity index (χ0n) is 20.3. The number of fused-ring (bicyclic) bond motifs is 1. The normalized spacial score (nSPS) is 16.5. The number of carbonyl (C=O) groups excluding carboxylic acids is 1. The maximum absolute atomic E-state index is 13.2. The van der Waals surface area contributed by atoms with Crippen molar-refractivity contribution in [1.82, 2.24) is 19.8 Å². The van der Waals surface area contributed by atoms with Gasteiger partial charge < -0.3 is 14.8 Å². The van der Waals surface area contributed by atoms with Crippen LogP contribution in [0.2, 0.25) is 5.02 Å². The first-order valence-corrected chi connectivity index (χ1v) is 13.2. The lowest BCUT2D eigenvalue weighted by Gasteiger charge is -2.36. The summed E-state index contributed by atoms with van der Waals surface area (Å²) in [7, 11) is 0. The molecule has 6 nitrogen and oxygen atoms in total. The van der Waals surface area contributed by atoms with Crippen molar-refractivity contribution in [2.24, 2.45) is 0 Å². The summed E-state index contributed by atoms with van der Waals surface area (Å²) >= 11 is 6.09. The van der Waals surface area contributed by atoms with Crippen LogP contribution in [0.3, 0.4) is 0 Å². The number of para-hydroxylation sites is 1. The molecule has 0 unspecified atom stereocenters. The summed E-state index contributed by atoms with van der Waals surface area (Å²) in [6, 6.07) is 18.4. The van der Waals surface area contributed by atoms with Gasteiger partial charge in [-0.3, -0.25) is 9.69 Å². The number of benzene rings is 2. The van der Waals surface area contributed by atoms with Gasteiger partial charge in [0.1, 0.15) is 11.5 Å². The van der Waals surface area contributed by atoms with Gasteiger partial charge in [-0.2, -0.15) is 0 Å². The number of anilines is 1. The molecule has 3 aromatic rings. The van der Waals surface area contributed by atoms with Crippen LogP contribution in [-0.2, 0) is 13.0 Å². The van der Waals surface area contributed by atoms with E-state index in [-0.39, 0.29) is 5.91 Å². The number of nitrogens with one attached hydrogen (secondary N) is 1. The molecule has 2 aliphatic heterocycles. The molecule has 0 atom stereocenters. The lowest BCUT2D eigenvalue weighted by atomic mass is 10.1. The highest BCUT2D eigenvalue weighted by atomic mass is 35.5. The van der Waals surface area contributed by atoms with E-state index in [0.717, 1.165) is 82.0 Å². The molecule has 0 aliphatic carbocycles. The first-order valence-electron chi connectivity index (χ1n) is 12.8. The molecule has 3 heterocycles. The fraction of sp³-hybridized carbons (Fsp3) is 0.429. The molecule has 1 aromatic heterocycles. The summed E-state index contributed by atoms with van der Waals surface area (Å²) in [5.41, 5.74) is 3.97. The molecule has 0 radical (unpaired) electrons. The van der Waals surface area contributed by atoms with Crippen LogP contribution in [0.5, 0.6) is 0 Å². The molecule has 0 saturated carbocycles. The van der Waals surface area contributed by atoms with Gasteiger partial charge in [0.05, 0.1) is 5.69 Å². The SMILES string of the molecule is O=C(NCCCN1CCN(c2ccccc2)CC1)c1nc(-c2ccc(Cl)cc2)n2c1CCCCC2. The quantitative estimate of drug-likeness (QED) is 0.479. The standard InChI is InChI=1S/C28H34ClN5O/c29-23-13-11-22(12-14-23)27-31-26(25-10-5-2-6-17-34(25)27)28(35)30-15-7-16-32-18-20-33(21-19-32)24-8-3-1-4-9-24/h1,3-4,8-9,11-14H,2,5-7,10,15-21H2,(H,30,35). The molecule has 0 bridgehead atoms. The molecule has 2 aromatic carbocycles. The Kier molecular flexibility index (Phi) is 7.69. The number of nitrogens with zero attached hydrogens (tertiary/aromatic N) is 4. The molecule has 184 valence electrons. The Bertz CT molecular complexity index is 1120. The third kappa shape index (κ3) is 5.71. The third-order valence-corrected chi connectivity index (χ3v) is 7.37. The summed E-state index contributed by atoms with van der Waals surface area (Å²) in [6.07, 6.45) is 5.23. The monoisotopic (exact) mass is 491 g/mol. The van der Waals surface area contributed by atoms with Crippen molar-refractivity contribution < 1.29 is 4.79 Å². The Hall–Kier alpha value is -2.83. The van der Waals surface area contributed by atoms with Gasteiger partial charge in [-0.05, 0) is 68.6 Å². The summed E-state index contributed by atoms with van der Waals surface area (Å²) < 4.78 is 2.25. The summed E-state index contributed by atoms with van der Waals surface area (Å²) in [5.74, 6) is 0.824. The average Bonchev–Trinajstić information content (AvgIpc) is 3.08. The number of carbonyl (C=O) groups is 1. The van der Waals surface area contributed by atoms with Gasteiger partial charge in [0.25, 0.3) is 5.91 Å². The van der Waals surface area contributed by atoms with Gasteiger partial charge in [0, 0.05) is 55.5 Å². The Morgan fingerprint density at radius 1 is 0.914 bits per heavy atom. The smallest absolute Gasteiger partial charge is 0.271 e. The van der Waals surface area contributed by atoms with Crippen molar-refractivity contribution in [3.63, 3.8) is 0 Å². The minimum absolute atomic E-state index is 0.0511. The van der Waals surface area contributed by atoms with E-state index in [9.17, 15) is 4.79 Å². The Balaban J connectivity index is 1.16. The maximum Gasteiger partial charge on any atom is 0.271 e.